The van der Waals surface area contributed by atoms with Crippen molar-refractivity contribution in [2.75, 3.05) is 0 Å². The minimum absolute atomic E-state index is 0.216. The van der Waals surface area contributed by atoms with E-state index in [1.54, 1.807) is 0 Å². The first kappa shape index (κ1) is 24.2. The lowest BCUT2D eigenvalue weighted by Gasteiger charge is -2.34. The Kier molecular flexibility index (Phi) is 5.39. The van der Waals surface area contributed by atoms with E-state index in [9.17, 15) is 0 Å². The molecular formula is C42H28O. The van der Waals surface area contributed by atoms with Gasteiger partial charge in [0, 0.05) is 22.6 Å². The molecule has 0 amide bonds. The Labute approximate surface area is 250 Å². The van der Waals surface area contributed by atoms with Gasteiger partial charge in [-0.3, -0.25) is 0 Å². The van der Waals surface area contributed by atoms with Gasteiger partial charge in [0.1, 0.15) is 11.2 Å². The molecule has 0 saturated heterocycles. The minimum atomic E-state index is 0.216. The van der Waals surface area contributed by atoms with E-state index in [-0.39, 0.29) is 11.8 Å². The van der Waals surface area contributed by atoms with Crippen molar-refractivity contribution in [1.29, 1.82) is 0 Å². The predicted octanol–water partition coefficient (Wildman–Crippen LogP) is 9.18. The second-order valence-electron chi connectivity index (χ2n) is 11.6. The highest BCUT2D eigenvalue weighted by Gasteiger charge is 2.32. The van der Waals surface area contributed by atoms with Crippen LogP contribution in [0.25, 0.3) is 55.0 Å². The van der Waals surface area contributed by atoms with Crippen molar-refractivity contribution in [2.24, 2.45) is 11.8 Å². The first-order valence-electron chi connectivity index (χ1n) is 15.0. The Morgan fingerprint density at radius 3 is 1.91 bits per heavy atom. The molecule has 6 aromatic carbocycles. The SMILES string of the molecule is C1=CC2C(c3ccc4oc5ccccc5c4c3)=c3ccccc3=C(c3ccccc3-c3ccc4ccccc4c3)C2C=C1. The topological polar surface area (TPSA) is 13.1 Å². The molecule has 0 radical (unpaired) electrons. The summed E-state index contributed by atoms with van der Waals surface area (Å²) in [6.45, 7) is 0. The Hall–Kier alpha value is -5.40. The molecule has 2 atom stereocenters. The molecule has 2 aliphatic rings. The summed E-state index contributed by atoms with van der Waals surface area (Å²) >= 11 is 0. The second-order valence-corrected chi connectivity index (χ2v) is 11.6. The van der Waals surface area contributed by atoms with Crippen LogP contribution in [0.1, 0.15) is 11.1 Å². The van der Waals surface area contributed by atoms with Gasteiger partial charge in [0.15, 0.2) is 0 Å². The molecule has 0 spiro atoms. The van der Waals surface area contributed by atoms with Crippen molar-refractivity contribution in [1.82, 2.24) is 0 Å². The number of benzene rings is 6. The van der Waals surface area contributed by atoms with Gasteiger partial charge >= 0.3 is 0 Å². The van der Waals surface area contributed by atoms with Gasteiger partial charge < -0.3 is 4.42 Å². The van der Waals surface area contributed by atoms with Crippen LogP contribution in [0.3, 0.4) is 0 Å². The van der Waals surface area contributed by atoms with Crippen molar-refractivity contribution in [3.63, 3.8) is 0 Å². The largest absolute Gasteiger partial charge is 0.456 e. The van der Waals surface area contributed by atoms with Gasteiger partial charge in [-0.2, -0.15) is 0 Å². The molecule has 7 aromatic rings. The van der Waals surface area contributed by atoms with E-state index >= 15 is 0 Å². The van der Waals surface area contributed by atoms with E-state index in [0.29, 0.717) is 0 Å². The maximum atomic E-state index is 6.19. The average Bonchev–Trinajstić information content (AvgIpc) is 3.45. The van der Waals surface area contributed by atoms with Crippen LogP contribution in [0.15, 0.2) is 162 Å². The molecule has 1 aromatic heterocycles. The molecule has 2 aliphatic carbocycles. The third-order valence-electron chi connectivity index (χ3n) is 9.27. The molecular weight excluding hydrogens is 520 g/mol. The molecule has 0 aliphatic heterocycles. The van der Waals surface area contributed by atoms with Gasteiger partial charge in [-0.05, 0) is 78.9 Å². The van der Waals surface area contributed by atoms with Gasteiger partial charge in [-0.15, -0.1) is 0 Å². The van der Waals surface area contributed by atoms with Gasteiger partial charge in [0.2, 0.25) is 0 Å². The summed E-state index contributed by atoms with van der Waals surface area (Å²) in [5.41, 5.74) is 9.71. The van der Waals surface area contributed by atoms with Crippen molar-refractivity contribution in [2.45, 2.75) is 0 Å². The molecule has 2 unspecified atom stereocenters. The number of hydrogen-bond acceptors (Lipinski definition) is 1. The lowest BCUT2D eigenvalue weighted by molar-refractivity contribution is 0.668. The second kappa shape index (κ2) is 9.58. The lowest BCUT2D eigenvalue weighted by Crippen LogP contribution is -2.40. The monoisotopic (exact) mass is 548 g/mol. The van der Waals surface area contributed by atoms with Crippen molar-refractivity contribution in [3.05, 3.63) is 179 Å². The third-order valence-corrected chi connectivity index (χ3v) is 9.27. The molecule has 1 heteroatoms. The van der Waals surface area contributed by atoms with E-state index in [1.807, 2.05) is 6.07 Å². The third kappa shape index (κ3) is 3.78. The summed E-state index contributed by atoms with van der Waals surface area (Å²) in [6, 6.07) is 48.5. The van der Waals surface area contributed by atoms with E-state index in [4.69, 9.17) is 4.42 Å². The van der Waals surface area contributed by atoms with Gasteiger partial charge in [-0.25, -0.2) is 0 Å². The predicted molar refractivity (Wildman–Crippen MR) is 179 cm³/mol. The van der Waals surface area contributed by atoms with Crippen molar-refractivity contribution in [3.8, 4) is 11.1 Å². The Bertz CT molecular complexity index is 2420. The van der Waals surface area contributed by atoms with Crippen LogP contribution in [0, 0.1) is 11.8 Å². The summed E-state index contributed by atoms with van der Waals surface area (Å²) in [7, 11) is 0. The van der Waals surface area contributed by atoms with Crippen LogP contribution in [0.4, 0.5) is 0 Å². The molecule has 0 fully saturated rings. The number of rotatable bonds is 3. The fraction of sp³-hybridized carbons (Fsp3) is 0.0476. The zero-order valence-electron chi connectivity index (χ0n) is 23.6. The number of allylic oxidation sites excluding steroid dienone is 4. The highest BCUT2D eigenvalue weighted by atomic mass is 16.3. The standard InChI is InChI=1S/C42H28O/c1-2-12-28-25-29(22-21-27(28)11-1)31-13-3-4-15-33(31)42-36-18-7-5-16-34(36)41(35-17-6-8-19-37(35)42)30-23-24-40-38(26-30)32-14-9-10-20-39(32)43-40/h1-26,34,36H. The zero-order chi connectivity index (χ0) is 28.3. The molecule has 1 nitrogen and oxygen atoms in total. The molecule has 202 valence electrons. The van der Waals surface area contributed by atoms with Gasteiger partial charge in [-0.1, -0.05) is 133 Å². The first-order chi connectivity index (χ1) is 21.3. The minimum Gasteiger partial charge on any atom is -0.456 e. The molecule has 0 bridgehead atoms. The highest BCUT2D eigenvalue weighted by Crippen LogP contribution is 2.43. The van der Waals surface area contributed by atoms with Crippen LogP contribution in [-0.2, 0) is 0 Å². The Balaban J connectivity index is 1.34. The Morgan fingerprint density at radius 2 is 1.05 bits per heavy atom. The molecule has 43 heavy (non-hydrogen) atoms. The van der Waals surface area contributed by atoms with E-state index in [2.05, 4.69) is 152 Å². The normalized spacial score (nSPS) is 17.5. The van der Waals surface area contributed by atoms with Gasteiger partial charge in [0.25, 0.3) is 0 Å². The maximum absolute atomic E-state index is 6.19. The van der Waals surface area contributed by atoms with E-state index in [0.717, 1.165) is 16.6 Å². The first-order valence-corrected chi connectivity index (χ1v) is 15.0. The summed E-state index contributed by atoms with van der Waals surface area (Å²) in [6.07, 6.45) is 9.23. The van der Waals surface area contributed by atoms with Crippen molar-refractivity contribution < 1.29 is 4.42 Å². The molecule has 9 rings (SSSR count). The number of fused-ring (bicyclic) bond motifs is 6. The molecule has 0 saturated carbocycles. The van der Waals surface area contributed by atoms with Crippen LogP contribution < -0.4 is 10.4 Å². The van der Waals surface area contributed by atoms with Crippen LogP contribution in [0.2, 0.25) is 0 Å². The maximum Gasteiger partial charge on any atom is 0.135 e. The van der Waals surface area contributed by atoms with E-state index in [1.165, 1.54) is 60.0 Å². The summed E-state index contributed by atoms with van der Waals surface area (Å²) in [5, 5.41) is 7.47. The fourth-order valence-corrected chi connectivity index (χ4v) is 7.36. The lowest BCUT2D eigenvalue weighted by atomic mass is 9.69. The van der Waals surface area contributed by atoms with Crippen molar-refractivity contribution >= 4 is 43.9 Å². The number of furan rings is 1. The average molecular weight is 549 g/mol. The summed E-state index contributed by atoms with van der Waals surface area (Å²) in [5.74, 6) is 0.434. The quantitative estimate of drug-likeness (QED) is 0.215. The van der Waals surface area contributed by atoms with Crippen LogP contribution in [-0.4, -0.2) is 0 Å². The zero-order valence-corrected chi connectivity index (χ0v) is 23.6. The van der Waals surface area contributed by atoms with Gasteiger partial charge in [0.05, 0.1) is 0 Å². The number of para-hydroxylation sites is 1. The van der Waals surface area contributed by atoms with Crippen LogP contribution in [0.5, 0.6) is 0 Å². The molecule has 1 heterocycles. The van der Waals surface area contributed by atoms with E-state index < -0.39 is 0 Å². The highest BCUT2D eigenvalue weighted by molar-refractivity contribution is 6.06. The Morgan fingerprint density at radius 1 is 0.419 bits per heavy atom. The fourth-order valence-electron chi connectivity index (χ4n) is 7.36. The molecule has 0 N–H and O–H groups in total. The number of hydrogen-bond donors (Lipinski definition) is 0. The summed E-state index contributed by atoms with van der Waals surface area (Å²) in [4.78, 5) is 0. The smallest absolute Gasteiger partial charge is 0.135 e. The summed E-state index contributed by atoms with van der Waals surface area (Å²) < 4.78 is 6.19. The van der Waals surface area contributed by atoms with Crippen LogP contribution >= 0.6 is 0 Å².